The molecule has 0 saturated carbocycles. The summed E-state index contributed by atoms with van der Waals surface area (Å²) in [4.78, 5) is 0. The summed E-state index contributed by atoms with van der Waals surface area (Å²) < 4.78 is 5.06. The van der Waals surface area contributed by atoms with Crippen LogP contribution < -0.4 is 15.5 Å². The molecule has 5 nitrogen and oxygen atoms in total. The van der Waals surface area contributed by atoms with E-state index in [0.717, 1.165) is 22.0 Å². The Labute approximate surface area is 150 Å². The molecule has 0 aliphatic heterocycles. The first-order chi connectivity index (χ1) is 12.2. The summed E-state index contributed by atoms with van der Waals surface area (Å²) >= 11 is 5.28. The van der Waals surface area contributed by atoms with Gasteiger partial charge in [0, 0.05) is 11.1 Å². The summed E-state index contributed by atoms with van der Waals surface area (Å²) in [5.74, 6) is 0.473. The standard InChI is InChI=1S/C19H17N3O2S/c1-24-18-11-13(9-10-17(18)23)12-20-22-19(25)21-16-8-4-6-14-5-2-3-7-15(14)16/h2-12,23H,1H3,(H2,21,22,25)/b20-12+. The number of hydrogen-bond donors (Lipinski definition) is 3. The van der Waals surface area contributed by atoms with E-state index < -0.39 is 0 Å². The fourth-order valence-electron chi connectivity index (χ4n) is 2.42. The molecule has 3 aromatic carbocycles. The molecule has 3 N–H and O–H groups in total. The highest BCUT2D eigenvalue weighted by molar-refractivity contribution is 7.80. The van der Waals surface area contributed by atoms with Gasteiger partial charge in [0.05, 0.1) is 13.3 Å². The number of fused-ring (bicyclic) bond motifs is 1. The highest BCUT2D eigenvalue weighted by Gasteiger charge is 2.03. The Hall–Kier alpha value is -3.12. The summed E-state index contributed by atoms with van der Waals surface area (Å²) in [5, 5.41) is 19.4. The van der Waals surface area contributed by atoms with Crippen molar-refractivity contribution in [1.82, 2.24) is 5.43 Å². The van der Waals surface area contributed by atoms with Crippen LogP contribution in [0.5, 0.6) is 11.5 Å². The fourth-order valence-corrected chi connectivity index (χ4v) is 2.59. The van der Waals surface area contributed by atoms with Crippen LogP contribution in [0.3, 0.4) is 0 Å². The Balaban J connectivity index is 1.66. The zero-order valence-electron chi connectivity index (χ0n) is 13.6. The Morgan fingerprint density at radius 1 is 1.12 bits per heavy atom. The molecule has 0 spiro atoms. The number of nitrogens with one attached hydrogen (secondary N) is 2. The normalized spacial score (nSPS) is 10.8. The van der Waals surface area contributed by atoms with E-state index in [4.69, 9.17) is 17.0 Å². The highest BCUT2D eigenvalue weighted by Crippen LogP contribution is 2.25. The van der Waals surface area contributed by atoms with Crippen LogP contribution in [0.4, 0.5) is 5.69 Å². The number of nitrogens with zero attached hydrogens (tertiary/aromatic N) is 1. The van der Waals surface area contributed by atoms with Crippen molar-refractivity contribution in [3.63, 3.8) is 0 Å². The molecule has 0 fully saturated rings. The Bertz CT molecular complexity index is 936. The Kier molecular flexibility index (Phi) is 5.11. The van der Waals surface area contributed by atoms with Crippen molar-refractivity contribution < 1.29 is 9.84 Å². The molecule has 25 heavy (non-hydrogen) atoms. The second-order valence-corrected chi connectivity index (χ2v) is 5.69. The summed E-state index contributed by atoms with van der Waals surface area (Å²) in [6.45, 7) is 0. The first kappa shape index (κ1) is 16.7. The Morgan fingerprint density at radius 2 is 1.92 bits per heavy atom. The van der Waals surface area contributed by atoms with Gasteiger partial charge < -0.3 is 15.2 Å². The monoisotopic (exact) mass is 351 g/mol. The Morgan fingerprint density at radius 3 is 2.76 bits per heavy atom. The van der Waals surface area contributed by atoms with Crippen molar-refractivity contribution in [1.29, 1.82) is 0 Å². The maximum atomic E-state index is 9.58. The smallest absolute Gasteiger partial charge is 0.191 e. The minimum absolute atomic E-state index is 0.0840. The molecule has 0 aromatic heterocycles. The van der Waals surface area contributed by atoms with E-state index in [2.05, 4.69) is 15.8 Å². The molecule has 6 heteroatoms. The van der Waals surface area contributed by atoms with Crippen molar-refractivity contribution >= 4 is 40.0 Å². The topological polar surface area (TPSA) is 65.9 Å². The van der Waals surface area contributed by atoms with Crippen LogP contribution in [0.15, 0.2) is 65.8 Å². The van der Waals surface area contributed by atoms with Gasteiger partial charge in [-0.15, -0.1) is 0 Å². The third-order valence-corrected chi connectivity index (χ3v) is 3.81. The van der Waals surface area contributed by atoms with Crippen molar-refractivity contribution in [2.24, 2.45) is 5.10 Å². The number of rotatable bonds is 4. The summed E-state index contributed by atoms with van der Waals surface area (Å²) in [6.07, 6.45) is 1.60. The molecule has 126 valence electrons. The van der Waals surface area contributed by atoms with Crippen molar-refractivity contribution in [2.75, 3.05) is 12.4 Å². The van der Waals surface area contributed by atoms with E-state index in [1.807, 2.05) is 42.5 Å². The van der Waals surface area contributed by atoms with Gasteiger partial charge in [0.15, 0.2) is 16.6 Å². The van der Waals surface area contributed by atoms with Crippen LogP contribution in [0.2, 0.25) is 0 Å². The lowest BCUT2D eigenvalue weighted by Crippen LogP contribution is -2.23. The van der Waals surface area contributed by atoms with E-state index in [-0.39, 0.29) is 5.75 Å². The van der Waals surface area contributed by atoms with Gasteiger partial charge in [-0.1, -0.05) is 36.4 Å². The second-order valence-electron chi connectivity index (χ2n) is 5.28. The van der Waals surface area contributed by atoms with Gasteiger partial charge in [-0.25, -0.2) is 0 Å². The fraction of sp³-hybridized carbons (Fsp3) is 0.0526. The maximum Gasteiger partial charge on any atom is 0.191 e. The van der Waals surface area contributed by atoms with Crippen LogP contribution in [-0.4, -0.2) is 23.5 Å². The molecule has 3 rings (SSSR count). The second kappa shape index (κ2) is 7.63. The van der Waals surface area contributed by atoms with Crippen LogP contribution in [0.1, 0.15) is 5.56 Å². The van der Waals surface area contributed by atoms with E-state index >= 15 is 0 Å². The predicted octanol–water partition coefficient (Wildman–Crippen LogP) is 3.87. The molecule has 0 bridgehead atoms. The number of ether oxygens (including phenoxy) is 1. The number of aromatic hydroxyl groups is 1. The highest BCUT2D eigenvalue weighted by atomic mass is 32.1. The number of anilines is 1. The minimum Gasteiger partial charge on any atom is -0.504 e. The van der Waals surface area contributed by atoms with Crippen LogP contribution in [0.25, 0.3) is 10.8 Å². The number of phenolic OH excluding ortho intramolecular Hbond substituents is 1. The molecular formula is C19H17N3O2S. The number of methoxy groups -OCH3 is 1. The molecule has 0 atom stereocenters. The lowest BCUT2D eigenvalue weighted by Gasteiger charge is -2.10. The van der Waals surface area contributed by atoms with E-state index in [0.29, 0.717) is 10.9 Å². The van der Waals surface area contributed by atoms with Crippen LogP contribution in [-0.2, 0) is 0 Å². The third-order valence-electron chi connectivity index (χ3n) is 3.62. The van der Waals surface area contributed by atoms with Gasteiger partial charge >= 0.3 is 0 Å². The molecule has 0 amide bonds. The van der Waals surface area contributed by atoms with Crippen LogP contribution >= 0.6 is 12.2 Å². The number of benzene rings is 3. The number of hydrogen-bond acceptors (Lipinski definition) is 4. The summed E-state index contributed by atoms with van der Waals surface area (Å²) in [6, 6.07) is 19.0. The van der Waals surface area contributed by atoms with Gasteiger partial charge in [-0.3, -0.25) is 5.43 Å². The molecule has 0 aliphatic rings. The van der Waals surface area contributed by atoms with E-state index in [1.54, 1.807) is 24.4 Å². The molecular weight excluding hydrogens is 334 g/mol. The average molecular weight is 351 g/mol. The van der Waals surface area contributed by atoms with Crippen molar-refractivity contribution in [3.05, 3.63) is 66.2 Å². The van der Waals surface area contributed by atoms with Crippen LogP contribution in [0, 0.1) is 0 Å². The molecule has 0 radical (unpaired) electrons. The number of thiocarbonyl (C=S) groups is 1. The largest absolute Gasteiger partial charge is 0.504 e. The minimum atomic E-state index is 0.0840. The van der Waals surface area contributed by atoms with Gasteiger partial charge in [-0.05, 0) is 47.4 Å². The van der Waals surface area contributed by atoms with E-state index in [1.165, 1.54) is 7.11 Å². The lowest BCUT2D eigenvalue weighted by atomic mass is 10.1. The SMILES string of the molecule is COc1cc(/C=N/NC(=S)Nc2cccc3ccccc23)ccc1O. The van der Waals surface area contributed by atoms with Crippen molar-refractivity contribution in [3.8, 4) is 11.5 Å². The quantitative estimate of drug-likeness (QED) is 0.378. The molecule has 0 saturated heterocycles. The maximum absolute atomic E-state index is 9.58. The molecule has 0 heterocycles. The number of phenols is 1. The number of hydrazone groups is 1. The first-order valence-corrected chi connectivity index (χ1v) is 8.03. The summed E-state index contributed by atoms with van der Waals surface area (Å²) in [5.41, 5.74) is 4.47. The van der Waals surface area contributed by atoms with Gasteiger partial charge in [0.25, 0.3) is 0 Å². The van der Waals surface area contributed by atoms with Crippen molar-refractivity contribution in [2.45, 2.75) is 0 Å². The van der Waals surface area contributed by atoms with Gasteiger partial charge in [-0.2, -0.15) is 5.10 Å². The average Bonchev–Trinajstić information content (AvgIpc) is 2.63. The molecule has 0 unspecified atom stereocenters. The lowest BCUT2D eigenvalue weighted by molar-refractivity contribution is 0.373. The summed E-state index contributed by atoms with van der Waals surface area (Å²) in [7, 11) is 1.50. The predicted molar refractivity (Wildman–Crippen MR) is 106 cm³/mol. The first-order valence-electron chi connectivity index (χ1n) is 7.62. The zero-order valence-corrected chi connectivity index (χ0v) is 14.4. The third kappa shape index (κ3) is 4.05. The van der Waals surface area contributed by atoms with Gasteiger partial charge in [0.1, 0.15) is 0 Å². The van der Waals surface area contributed by atoms with Gasteiger partial charge in [0.2, 0.25) is 0 Å². The molecule has 3 aromatic rings. The van der Waals surface area contributed by atoms with E-state index in [9.17, 15) is 5.11 Å². The molecule has 0 aliphatic carbocycles. The zero-order chi connectivity index (χ0) is 17.6.